The maximum absolute atomic E-state index is 11.2. The van der Waals surface area contributed by atoms with E-state index in [0.29, 0.717) is 6.61 Å². The highest BCUT2D eigenvalue weighted by Crippen LogP contribution is 2.41. The van der Waals surface area contributed by atoms with Crippen molar-refractivity contribution in [2.45, 2.75) is 52.2 Å². The van der Waals surface area contributed by atoms with Gasteiger partial charge in [0.25, 0.3) is 0 Å². The van der Waals surface area contributed by atoms with Crippen molar-refractivity contribution in [3.05, 3.63) is 35.5 Å². The first-order chi connectivity index (χ1) is 11.5. The zero-order valence-corrected chi connectivity index (χ0v) is 16.8. The van der Waals surface area contributed by atoms with Gasteiger partial charge in [0.05, 0.1) is 18.7 Å². The number of alkyl halides is 1. The molecule has 1 aliphatic rings. The first-order valence-corrected chi connectivity index (χ1v) is 10.0. The number of ether oxygens (including phenoxy) is 1. The minimum atomic E-state index is -0.826. The van der Waals surface area contributed by atoms with Crippen LogP contribution in [-0.2, 0) is 28.1 Å². The van der Waals surface area contributed by atoms with Gasteiger partial charge in [-0.25, -0.2) is 0 Å². The zero-order valence-electron chi connectivity index (χ0n) is 14.6. The Morgan fingerprint density at radius 1 is 1.38 bits per heavy atom. The van der Waals surface area contributed by atoms with Crippen LogP contribution in [0.15, 0.2) is 24.3 Å². The molecule has 4 nitrogen and oxygen atoms in total. The van der Waals surface area contributed by atoms with Crippen molar-refractivity contribution in [1.82, 2.24) is 4.57 Å². The van der Waals surface area contributed by atoms with Crippen LogP contribution in [0.5, 0.6) is 0 Å². The third-order valence-electron chi connectivity index (χ3n) is 4.34. The summed E-state index contributed by atoms with van der Waals surface area (Å²) >= 11 is 2.35. The van der Waals surface area contributed by atoms with E-state index >= 15 is 0 Å². The Bertz CT molecular complexity index is 675. The third kappa shape index (κ3) is 3.77. The van der Waals surface area contributed by atoms with Gasteiger partial charge in [0.15, 0.2) is 0 Å². The summed E-state index contributed by atoms with van der Waals surface area (Å²) in [6.07, 6.45) is 2.15. The third-order valence-corrected chi connectivity index (χ3v) is 5.42. The van der Waals surface area contributed by atoms with E-state index < -0.39 is 11.6 Å². The fourth-order valence-corrected chi connectivity index (χ4v) is 3.43. The van der Waals surface area contributed by atoms with Crippen LogP contribution >= 0.6 is 22.6 Å². The van der Waals surface area contributed by atoms with Crippen molar-refractivity contribution in [2.24, 2.45) is 0 Å². The number of carboxylic acids is 1. The Kier molecular flexibility index (Phi) is 6.69. The summed E-state index contributed by atoms with van der Waals surface area (Å²) in [5, 5.41) is 10.4. The van der Waals surface area contributed by atoms with E-state index in [4.69, 9.17) is 4.74 Å². The van der Waals surface area contributed by atoms with E-state index in [1.807, 2.05) is 19.1 Å². The van der Waals surface area contributed by atoms with E-state index in [-0.39, 0.29) is 6.42 Å². The first-order valence-electron chi connectivity index (χ1n) is 8.50. The van der Waals surface area contributed by atoms with E-state index in [1.165, 1.54) is 27.3 Å². The summed E-state index contributed by atoms with van der Waals surface area (Å²) in [7, 11) is 0. The minimum Gasteiger partial charge on any atom is -0.481 e. The number of carboxylic acid groups (broad SMARTS) is 1. The number of hydrogen-bond acceptors (Lipinski definition) is 2. The SMILES string of the molecule is CCCI.CCn1c2c(c3ccccc31)CCOC2(C)CC(=O)O. The number of nitrogens with zero attached hydrogens (tertiary/aromatic N) is 1. The molecule has 1 aliphatic heterocycles. The largest absolute Gasteiger partial charge is 0.481 e. The average Bonchev–Trinajstić information content (AvgIpc) is 2.90. The van der Waals surface area contributed by atoms with Crippen molar-refractivity contribution in [3.63, 3.8) is 0 Å². The Hall–Kier alpha value is -1.08. The first kappa shape index (κ1) is 19.2. The maximum atomic E-state index is 11.2. The monoisotopic (exact) mass is 443 g/mol. The quantitative estimate of drug-likeness (QED) is 0.548. The molecule has 1 aromatic heterocycles. The maximum Gasteiger partial charge on any atom is 0.306 e. The van der Waals surface area contributed by atoms with Gasteiger partial charge < -0.3 is 14.4 Å². The second kappa shape index (κ2) is 8.34. The summed E-state index contributed by atoms with van der Waals surface area (Å²) < 4.78 is 9.36. The highest BCUT2D eigenvalue weighted by atomic mass is 127. The summed E-state index contributed by atoms with van der Waals surface area (Å²) in [5.41, 5.74) is 2.71. The van der Waals surface area contributed by atoms with Crippen LogP contribution in [0, 0.1) is 0 Å². The van der Waals surface area contributed by atoms with Crippen LogP contribution in [0.3, 0.4) is 0 Å². The Balaban J connectivity index is 0.000000471. The standard InChI is InChI=1S/C16H19NO3.C3H7I/c1-3-17-13-7-5-4-6-11(13)12-8-9-20-16(2,15(12)17)10-14(18)19;1-2-3-4/h4-7H,3,8-10H2,1-2H3,(H,18,19);2-3H2,1H3. The molecular formula is C19H26INO3. The molecule has 1 N–H and O–H groups in total. The second-order valence-electron chi connectivity index (χ2n) is 6.18. The second-order valence-corrected chi connectivity index (χ2v) is 7.26. The molecule has 0 spiro atoms. The Labute approximate surface area is 157 Å². The van der Waals surface area contributed by atoms with Crippen molar-refractivity contribution in [1.29, 1.82) is 0 Å². The predicted molar refractivity (Wildman–Crippen MR) is 106 cm³/mol. The molecule has 1 aromatic carbocycles. The number of aryl methyl sites for hydroxylation is 1. The minimum absolute atomic E-state index is 0.00365. The molecule has 0 saturated carbocycles. The zero-order chi connectivity index (χ0) is 17.7. The topological polar surface area (TPSA) is 51.5 Å². The van der Waals surface area contributed by atoms with Crippen LogP contribution in [0.25, 0.3) is 10.9 Å². The molecule has 3 rings (SSSR count). The number of para-hydroxylation sites is 1. The van der Waals surface area contributed by atoms with Crippen molar-refractivity contribution in [3.8, 4) is 0 Å². The van der Waals surface area contributed by atoms with E-state index in [1.54, 1.807) is 0 Å². The molecule has 1 atom stereocenters. The van der Waals surface area contributed by atoms with E-state index in [9.17, 15) is 9.90 Å². The molecule has 0 saturated heterocycles. The highest BCUT2D eigenvalue weighted by molar-refractivity contribution is 14.1. The van der Waals surface area contributed by atoms with Crippen molar-refractivity contribution < 1.29 is 14.6 Å². The fraction of sp³-hybridized carbons (Fsp3) is 0.526. The van der Waals surface area contributed by atoms with Crippen LogP contribution in [0.4, 0.5) is 0 Å². The van der Waals surface area contributed by atoms with Crippen molar-refractivity contribution >= 4 is 39.5 Å². The molecule has 2 heterocycles. The number of hydrogen-bond donors (Lipinski definition) is 1. The van der Waals surface area contributed by atoms with Gasteiger partial charge in [-0.05, 0) is 42.7 Å². The number of rotatable bonds is 4. The lowest BCUT2D eigenvalue weighted by molar-refractivity contribution is -0.146. The molecule has 2 aromatic rings. The molecule has 1 unspecified atom stereocenters. The number of benzene rings is 1. The lowest BCUT2D eigenvalue weighted by Crippen LogP contribution is -2.36. The number of aromatic nitrogens is 1. The Morgan fingerprint density at radius 2 is 2.04 bits per heavy atom. The molecular weight excluding hydrogens is 417 g/mol. The number of carbonyl (C=O) groups is 1. The summed E-state index contributed by atoms with van der Waals surface area (Å²) in [5.74, 6) is -0.826. The van der Waals surface area contributed by atoms with Crippen LogP contribution in [-0.4, -0.2) is 26.7 Å². The normalized spacial score (nSPS) is 19.5. The molecule has 0 aliphatic carbocycles. The van der Waals surface area contributed by atoms with Gasteiger partial charge in [0, 0.05) is 17.4 Å². The summed E-state index contributed by atoms with van der Waals surface area (Å²) in [6.45, 7) is 7.54. The highest BCUT2D eigenvalue weighted by Gasteiger charge is 2.39. The van der Waals surface area contributed by atoms with Gasteiger partial charge in [-0.15, -0.1) is 0 Å². The molecule has 5 heteroatoms. The average molecular weight is 443 g/mol. The molecule has 0 amide bonds. The fourth-order valence-electron chi connectivity index (χ4n) is 3.43. The summed E-state index contributed by atoms with van der Waals surface area (Å²) in [4.78, 5) is 11.2. The number of halogens is 1. The van der Waals surface area contributed by atoms with Gasteiger partial charge in [0.2, 0.25) is 0 Å². The predicted octanol–water partition coefficient (Wildman–Crippen LogP) is 4.76. The molecule has 0 bridgehead atoms. The van der Waals surface area contributed by atoms with Crippen molar-refractivity contribution in [2.75, 3.05) is 11.0 Å². The van der Waals surface area contributed by atoms with E-state index in [0.717, 1.165) is 18.7 Å². The molecule has 132 valence electrons. The lowest BCUT2D eigenvalue weighted by atomic mass is 9.90. The number of aliphatic carboxylic acids is 1. The smallest absolute Gasteiger partial charge is 0.306 e. The number of fused-ring (bicyclic) bond motifs is 3. The van der Waals surface area contributed by atoms with Gasteiger partial charge in [0.1, 0.15) is 5.60 Å². The molecule has 24 heavy (non-hydrogen) atoms. The van der Waals surface area contributed by atoms with Gasteiger partial charge in [-0.1, -0.05) is 47.7 Å². The summed E-state index contributed by atoms with van der Waals surface area (Å²) in [6, 6.07) is 8.27. The van der Waals surface area contributed by atoms with Gasteiger partial charge >= 0.3 is 5.97 Å². The van der Waals surface area contributed by atoms with Crippen LogP contribution in [0.2, 0.25) is 0 Å². The Morgan fingerprint density at radius 3 is 2.62 bits per heavy atom. The van der Waals surface area contributed by atoms with Crippen LogP contribution < -0.4 is 0 Å². The lowest BCUT2D eigenvalue weighted by Gasteiger charge is -2.34. The molecule has 0 radical (unpaired) electrons. The molecule has 0 fully saturated rings. The van der Waals surface area contributed by atoms with E-state index in [2.05, 4.69) is 53.1 Å². The van der Waals surface area contributed by atoms with Gasteiger partial charge in [-0.3, -0.25) is 4.79 Å². The van der Waals surface area contributed by atoms with Crippen LogP contribution in [0.1, 0.15) is 44.9 Å². The van der Waals surface area contributed by atoms with Gasteiger partial charge in [-0.2, -0.15) is 0 Å².